The lowest BCUT2D eigenvalue weighted by atomic mass is 9.68. The predicted molar refractivity (Wildman–Crippen MR) is 64.6 cm³/mol. The maximum Gasteiger partial charge on any atom is 0.126 e. The summed E-state index contributed by atoms with van der Waals surface area (Å²) in [6.07, 6.45) is 9.98. The highest BCUT2D eigenvalue weighted by molar-refractivity contribution is 5.55. The molecule has 1 aliphatic carbocycles. The van der Waals surface area contributed by atoms with Crippen LogP contribution in [0, 0.1) is 17.3 Å². The molecule has 0 spiro atoms. The maximum atomic E-state index is 10.6. The fourth-order valence-electron chi connectivity index (χ4n) is 2.31. The molecule has 0 aromatic carbocycles. The fraction of sp³-hybridized carbons (Fsp3) is 0.643. The molecule has 0 fully saturated rings. The van der Waals surface area contributed by atoms with Gasteiger partial charge in [-0.2, -0.15) is 0 Å². The minimum atomic E-state index is 0.0375. The highest BCUT2D eigenvalue weighted by atomic mass is 16.1. The summed E-state index contributed by atoms with van der Waals surface area (Å²) in [6, 6.07) is 0. The molecule has 0 aliphatic heterocycles. The van der Waals surface area contributed by atoms with Gasteiger partial charge in [0.25, 0.3) is 0 Å². The average Bonchev–Trinajstić information content (AvgIpc) is 2.15. The molecular formula is C14H22O. The third-order valence-electron chi connectivity index (χ3n) is 3.41. The third-order valence-corrected chi connectivity index (χ3v) is 3.41. The second-order valence-electron chi connectivity index (χ2n) is 5.33. The van der Waals surface area contributed by atoms with Crippen LogP contribution in [-0.2, 0) is 4.79 Å². The minimum Gasteiger partial charge on any atom is -0.303 e. The Morgan fingerprint density at radius 1 is 1.53 bits per heavy atom. The van der Waals surface area contributed by atoms with Crippen molar-refractivity contribution >= 4 is 6.29 Å². The van der Waals surface area contributed by atoms with Gasteiger partial charge in [0, 0.05) is 11.8 Å². The number of aldehydes is 1. The first-order valence-corrected chi connectivity index (χ1v) is 5.77. The molecule has 0 aromatic rings. The number of carbonyl (C=O) groups excluding carboxylic acids is 1. The van der Waals surface area contributed by atoms with Crippen LogP contribution in [0.1, 0.15) is 40.5 Å². The number of allylic oxidation sites excluding steroid dienone is 4. The number of hydrogen-bond acceptors (Lipinski definition) is 1. The highest BCUT2D eigenvalue weighted by Gasteiger charge is 2.30. The van der Waals surface area contributed by atoms with Crippen LogP contribution in [0.5, 0.6) is 0 Å². The lowest BCUT2D eigenvalue weighted by Gasteiger charge is -2.36. The molecule has 1 heteroatoms. The minimum absolute atomic E-state index is 0.0375. The van der Waals surface area contributed by atoms with E-state index in [-0.39, 0.29) is 5.92 Å². The molecule has 0 saturated carbocycles. The van der Waals surface area contributed by atoms with Crippen molar-refractivity contribution in [2.75, 3.05) is 0 Å². The molecule has 15 heavy (non-hydrogen) atoms. The third kappa shape index (κ3) is 3.05. The lowest BCUT2D eigenvalue weighted by molar-refractivity contribution is -0.109. The zero-order valence-corrected chi connectivity index (χ0v) is 10.3. The molecule has 0 unspecified atom stereocenters. The van der Waals surface area contributed by atoms with Crippen molar-refractivity contribution < 1.29 is 4.79 Å². The van der Waals surface area contributed by atoms with E-state index in [1.54, 1.807) is 0 Å². The Hall–Kier alpha value is -0.850. The van der Waals surface area contributed by atoms with Gasteiger partial charge >= 0.3 is 0 Å². The lowest BCUT2D eigenvalue weighted by Crippen LogP contribution is -2.26. The van der Waals surface area contributed by atoms with E-state index in [0.29, 0.717) is 11.3 Å². The summed E-state index contributed by atoms with van der Waals surface area (Å²) in [5.41, 5.74) is 1.78. The Morgan fingerprint density at radius 3 is 2.73 bits per heavy atom. The van der Waals surface area contributed by atoms with E-state index in [1.807, 2.05) is 13.0 Å². The van der Waals surface area contributed by atoms with Gasteiger partial charge in [-0.3, -0.25) is 0 Å². The second-order valence-corrected chi connectivity index (χ2v) is 5.33. The Kier molecular flexibility index (Phi) is 3.90. The van der Waals surface area contributed by atoms with E-state index >= 15 is 0 Å². The number of hydrogen-bond donors (Lipinski definition) is 0. The summed E-state index contributed by atoms with van der Waals surface area (Å²) < 4.78 is 0. The molecule has 1 nitrogen and oxygen atoms in total. The van der Waals surface area contributed by atoms with Crippen LogP contribution in [0.2, 0.25) is 0 Å². The summed E-state index contributed by atoms with van der Waals surface area (Å²) in [6.45, 7) is 8.74. The van der Waals surface area contributed by atoms with Gasteiger partial charge in [0.2, 0.25) is 0 Å². The maximum absolute atomic E-state index is 10.6. The summed E-state index contributed by atoms with van der Waals surface area (Å²) >= 11 is 0. The molecule has 1 rings (SSSR count). The summed E-state index contributed by atoms with van der Waals surface area (Å²) in [5.74, 6) is 0.532. The van der Waals surface area contributed by atoms with Gasteiger partial charge in [-0.1, -0.05) is 44.6 Å². The van der Waals surface area contributed by atoms with Gasteiger partial charge in [0.05, 0.1) is 0 Å². The van der Waals surface area contributed by atoms with Crippen LogP contribution in [0.4, 0.5) is 0 Å². The molecule has 84 valence electrons. The van der Waals surface area contributed by atoms with Crippen molar-refractivity contribution in [3.8, 4) is 0 Å². The molecule has 0 bridgehead atoms. The van der Waals surface area contributed by atoms with E-state index in [1.165, 1.54) is 18.4 Å². The van der Waals surface area contributed by atoms with Crippen LogP contribution < -0.4 is 0 Å². The van der Waals surface area contributed by atoms with Crippen LogP contribution in [0.15, 0.2) is 23.8 Å². The first-order chi connectivity index (χ1) is 6.97. The molecule has 2 atom stereocenters. The summed E-state index contributed by atoms with van der Waals surface area (Å²) in [5, 5.41) is 0. The van der Waals surface area contributed by atoms with E-state index < -0.39 is 0 Å². The zero-order valence-electron chi connectivity index (χ0n) is 10.3. The molecule has 0 amide bonds. The predicted octanol–water partition coefficient (Wildman–Crippen LogP) is 3.76. The van der Waals surface area contributed by atoms with Crippen LogP contribution in [0.25, 0.3) is 0 Å². The Bertz CT molecular complexity index is 284. The van der Waals surface area contributed by atoms with Crippen molar-refractivity contribution in [1.82, 2.24) is 0 Å². The summed E-state index contributed by atoms with van der Waals surface area (Å²) in [7, 11) is 0. The molecule has 0 heterocycles. The van der Waals surface area contributed by atoms with E-state index in [2.05, 4.69) is 32.9 Å². The average molecular weight is 206 g/mol. The normalized spacial score (nSPS) is 27.5. The van der Waals surface area contributed by atoms with Gasteiger partial charge in [0.15, 0.2) is 0 Å². The Balaban J connectivity index is 2.81. The Labute approximate surface area is 93.3 Å². The molecule has 0 aromatic heterocycles. The molecular weight excluding hydrogens is 184 g/mol. The second kappa shape index (κ2) is 4.78. The Morgan fingerprint density at radius 2 is 2.20 bits per heavy atom. The molecule has 0 saturated heterocycles. The van der Waals surface area contributed by atoms with Crippen LogP contribution >= 0.6 is 0 Å². The first-order valence-electron chi connectivity index (χ1n) is 5.77. The SMILES string of the molecule is CC1=CCCC(C)(C)[C@@H]1/C=C\[C@H](C)C=O. The fourth-order valence-corrected chi connectivity index (χ4v) is 2.31. The van der Waals surface area contributed by atoms with E-state index in [9.17, 15) is 4.79 Å². The van der Waals surface area contributed by atoms with Crippen LogP contribution in [0.3, 0.4) is 0 Å². The zero-order chi connectivity index (χ0) is 11.5. The molecule has 0 radical (unpaired) electrons. The summed E-state index contributed by atoms with van der Waals surface area (Å²) in [4.78, 5) is 10.6. The number of carbonyl (C=O) groups is 1. The first kappa shape index (κ1) is 12.2. The smallest absolute Gasteiger partial charge is 0.126 e. The topological polar surface area (TPSA) is 17.1 Å². The van der Waals surface area contributed by atoms with Gasteiger partial charge in [-0.15, -0.1) is 0 Å². The van der Waals surface area contributed by atoms with Crippen molar-refractivity contribution in [1.29, 1.82) is 0 Å². The largest absolute Gasteiger partial charge is 0.303 e. The van der Waals surface area contributed by atoms with Crippen molar-refractivity contribution in [2.45, 2.75) is 40.5 Å². The molecule has 0 N–H and O–H groups in total. The quantitative estimate of drug-likeness (QED) is 0.507. The van der Waals surface area contributed by atoms with Crippen molar-refractivity contribution in [2.24, 2.45) is 17.3 Å². The number of rotatable bonds is 3. The highest BCUT2D eigenvalue weighted by Crippen LogP contribution is 2.41. The van der Waals surface area contributed by atoms with Gasteiger partial charge in [0.1, 0.15) is 6.29 Å². The standard InChI is InChI=1S/C14H22O/c1-11(10-15)7-8-13-12(2)6-5-9-14(13,3)4/h6-8,10-11,13H,5,9H2,1-4H3/b8-7-/t11-,13+/m0/s1. The monoisotopic (exact) mass is 206 g/mol. The van der Waals surface area contributed by atoms with Crippen molar-refractivity contribution in [3.05, 3.63) is 23.8 Å². The molecule has 1 aliphatic rings. The van der Waals surface area contributed by atoms with E-state index in [4.69, 9.17) is 0 Å². The van der Waals surface area contributed by atoms with Gasteiger partial charge in [-0.05, 0) is 25.2 Å². The van der Waals surface area contributed by atoms with Crippen molar-refractivity contribution in [3.63, 3.8) is 0 Å². The van der Waals surface area contributed by atoms with Crippen LogP contribution in [-0.4, -0.2) is 6.29 Å². The van der Waals surface area contributed by atoms with Gasteiger partial charge < -0.3 is 4.79 Å². The van der Waals surface area contributed by atoms with Gasteiger partial charge in [-0.25, -0.2) is 0 Å². The van der Waals surface area contributed by atoms with E-state index in [0.717, 1.165) is 6.29 Å².